The number of nitrogens with zero attached hydrogens (tertiary/aromatic N) is 1. The quantitative estimate of drug-likeness (QED) is 0.925. The Bertz CT molecular complexity index is 459. The zero-order valence-corrected chi connectivity index (χ0v) is 12.5. The second-order valence-corrected chi connectivity index (χ2v) is 6.23. The van der Waals surface area contributed by atoms with Gasteiger partial charge in [0.1, 0.15) is 5.75 Å². The maximum atomic E-state index is 12.2. The summed E-state index contributed by atoms with van der Waals surface area (Å²) in [7, 11) is 0. The molecule has 2 aliphatic rings. The smallest absolute Gasteiger partial charge is 0.260 e. The van der Waals surface area contributed by atoms with Crippen LogP contribution in [-0.4, -0.2) is 43.6 Å². The number of likely N-dealkylation sites (tertiary alicyclic amines) is 1. The van der Waals surface area contributed by atoms with Gasteiger partial charge in [-0.05, 0) is 56.3 Å². The van der Waals surface area contributed by atoms with Gasteiger partial charge in [-0.2, -0.15) is 0 Å². The van der Waals surface area contributed by atoms with Crippen LogP contribution < -0.4 is 10.1 Å². The van der Waals surface area contributed by atoms with Crippen molar-refractivity contribution in [2.45, 2.75) is 25.7 Å². The van der Waals surface area contributed by atoms with Crippen molar-refractivity contribution < 1.29 is 9.53 Å². The van der Waals surface area contributed by atoms with Crippen LogP contribution in [0.2, 0.25) is 0 Å². The third-order valence-electron chi connectivity index (χ3n) is 4.95. The summed E-state index contributed by atoms with van der Waals surface area (Å²) in [4.78, 5) is 14.2. The van der Waals surface area contributed by atoms with Crippen molar-refractivity contribution in [2.24, 2.45) is 5.41 Å². The van der Waals surface area contributed by atoms with Crippen molar-refractivity contribution in [1.29, 1.82) is 0 Å². The van der Waals surface area contributed by atoms with E-state index in [1.807, 2.05) is 35.2 Å². The topological polar surface area (TPSA) is 41.6 Å². The van der Waals surface area contributed by atoms with Crippen molar-refractivity contribution in [1.82, 2.24) is 10.2 Å². The molecule has 3 rings (SSSR count). The molecule has 0 unspecified atom stereocenters. The molecule has 2 aliphatic heterocycles. The molecule has 4 heteroatoms. The van der Waals surface area contributed by atoms with Crippen LogP contribution in [0.3, 0.4) is 0 Å². The lowest BCUT2D eigenvalue weighted by Crippen LogP contribution is -2.48. The summed E-state index contributed by atoms with van der Waals surface area (Å²) in [6.45, 7) is 4.18. The maximum absolute atomic E-state index is 12.2. The van der Waals surface area contributed by atoms with Crippen molar-refractivity contribution in [3.8, 4) is 5.75 Å². The van der Waals surface area contributed by atoms with Gasteiger partial charge in [-0.1, -0.05) is 18.2 Å². The molecule has 0 radical (unpaired) electrons. The Balaban J connectivity index is 1.46. The van der Waals surface area contributed by atoms with E-state index in [4.69, 9.17) is 4.74 Å². The molecule has 1 amide bonds. The number of carbonyl (C=O) groups excluding carboxylic acids is 1. The number of ether oxygens (including phenoxy) is 1. The first-order chi connectivity index (χ1) is 10.3. The van der Waals surface area contributed by atoms with Gasteiger partial charge < -0.3 is 15.0 Å². The molecule has 0 aliphatic carbocycles. The van der Waals surface area contributed by atoms with Crippen molar-refractivity contribution in [3.05, 3.63) is 30.3 Å². The normalized spacial score (nSPS) is 21.2. The fraction of sp³-hybridized carbons (Fsp3) is 0.588. The first-order valence-corrected chi connectivity index (χ1v) is 7.94. The number of hydrogen-bond acceptors (Lipinski definition) is 3. The average molecular weight is 288 g/mol. The van der Waals surface area contributed by atoms with E-state index >= 15 is 0 Å². The van der Waals surface area contributed by atoms with E-state index in [2.05, 4.69) is 5.32 Å². The highest BCUT2D eigenvalue weighted by atomic mass is 16.5. The van der Waals surface area contributed by atoms with Crippen LogP contribution in [-0.2, 0) is 4.79 Å². The Hall–Kier alpha value is -1.55. The molecule has 2 fully saturated rings. The van der Waals surface area contributed by atoms with Crippen LogP contribution in [0.1, 0.15) is 25.7 Å². The van der Waals surface area contributed by atoms with E-state index < -0.39 is 0 Å². The van der Waals surface area contributed by atoms with E-state index in [0.717, 1.165) is 44.8 Å². The molecule has 1 spiro atoms. The van der Waals surface area contributed by atoms with Crippen molar-refractivity contribution in [3.63, 3.8) is 0 Å². The molecule has 0 bridgehead atoms. The SMILES string of the molecule is O=C(COc1ccccc1)N1CCC2(CCNCC2)CC1. The first kappa shape index (κ1) is 14.4. The van der Waals surface area contributed by atoms with E-state index in [0.29, 0.717) is 5.41 Å². The van der Waals surface area contributed by atoms with Crippen LogP contribution in [0.15, 0.2) is 30.3 Å². The molecular formula is C17H24N2O2. The fourth-order valence-electron chi connectivity index (χ4n) is 3.44. The Kier molecular flexibility index (Phi) is 4.44. The molecule has 114 valence electrons. The molecule has 1 N–H and O–H groups in total. The van der Waals surface area contributed by atoms with Crippen molar-refractivity contribution in [2.75, 3.05) is 32.8 Å². The largest absolute Gasteiger partial charge is 0.484 e. The molecule has 0 atom stereocenters. The molecule has 2 heterocycles. The van der Waals surface area contributed by atoms with Crippen LogP contribution >= 0.6 is 0 Å². The van der Waals surface area contributed by atoms with E-state index in [-0.39, 0.29) is 12.5 Å². The highest BCUT2D eigenvalue weighted by molar-refractivity contribution is 5.77. The molecule has 1 aromatic carbocycles. The van der Waals surface area contributed by atoms with Gasteiger partial charge in [-0.15, -0.1) is 0 Å². The number of nitrogens with one attached hydrogen (secondary N) is 1. The third-order valence-corrected chi connectivity index (χ3v) is 4.95. The minimum atomic E-state index is 0.114. The molecule has 0 aromatic heterocycles. The second-order valence-electron chi connectivity index (χ2n) is 6.23. The van der Waals surface area contributed by atoms with Crippen LogP contribution in [0.25, 0.3) is 0 Å². The Morgan fingerprint density at radius 1 is 1.10 bits per heavy atom. The first-order valence-electron chi connectivity index (χ1n) is 7.94. The third kappa shape index (κ3) is 3.56. The number of rotatable bonds is 3. The van der Waals surface area contributed by atoms with Crippen molar-refractivity contribution >= 4 is 5.91 Å². The molecule has 1 aromatic rings. The van der Waals surface area contributed by atoms with Gasteiger partial charge in [0.15, 0.2) is 6.61 Å². The van der Waals surface area contributed by atoms with Gasteiger partial charge in [-0.25, -0.2) is 0 Å². The lowest BCUT2D eigenvalue weighted by Gasteiger charge is -2.44. The summed E-state index contributed by atoms with van der Waals surface area (Å²) in [5.74, 6) is 0.875. The van der Waals surface area contributed by atoms with Gasteiger partial charge in [0.2, 0.25) is 0 Å². The maximum Gasteiger partial charge on any atom is 0.260 e. The molecule has 0 saturated carbocycles. The van der Waals surface area contributed by atoms with E-state index in [1.54, 1.807) is 0 Å². The van der Waals surface area contributed by atoms with Gasteiger partial charge in [-0.3, -0.25) is 4.79 Å². The minimum absolute atomic E-state index is 0.114. The summed E-state index contributed by atoms with van der Waals surface area (Å²) >= 11 is 0. The summed E-state index contributed by atoms with van der Waals surface area (Å²) in [5, 5.41) is 3.43. The number of amides is 1. The number of benzene rings is 1. The molecular weight excluding hydrogens is 264 g/mol. The van der Waals surface area contributed by atoms with Crippen LogP contribution in [0.5, 0.6) is 5.75 Å². The highest BCUT2D eigenvalue weighted by Crippen LogP contribution is 2.39. The highest BCUT2D eigenvalue weighted by Gasteiger charge is 2.36. The van der Waals surface area contributed by atoms with Gasteiger partial charge in [0.05, 0.1) is 0 Å². The zero-order valence-electron chi connectivity index (χ0n) is 12.5. The summed E-state index contributed by atoms with van der Waals surface area (Å²) in [6, 6.07) is 9.54. The number of hydrogen-bond donors (Lipinski definition) is 1. The number of carbonyl (C=O) groups is 1. The van der Waals surface area contributed by atoms with Gasteiger partial charge in [0, 0.05) is 13.1 Å². The van der Waals surface area contributed by atoms with Crippen LogP contribution in [0, 0.1) is 5.41 Å². The predicted octanol–water partition coefficient (Wildman–Crippen LogP) is 2.06. The molecule has 2 saturated heterocycles. The second kappa shape index (κ2) is 6.48. The fourth-order valence-corrected chi connectivity index (χ4v) is 3.44. The lowest BCUT2D eigenvalue weighted by molar-refractivity contribution is -0.136. The Labute approximate surface area is 126 Å². The monoisotopic (exact) mass is 288 g/mol. The molecule has 21 heavy (non-hydrogen) atoms. The average Bonchev–Trinajstić information content (AvgIpc) is 2.55. The minimum Gasteiger partial charge on any atom is -0.484 e. The Morgan fingerprint density at radius 3 is 2.43 bits per heavy atom. The zero-order chi connectivity index (χ0) is 14.5. The number of piperidine rings is 2. The lowest BCUT2D eigenvalue weighted by atomic mass is 9.71. The summed E-state index contributed by atoms with van der Waals surface area (Å²) in [6.07, 6.45) is 4.81. The molecule has 4 nitrogen and oxygen atoms in total. The summed E-state index contributed by atoms with van der Waals surface area (Å²) < 4.78 is 5.56. The van der Waals surface area contributed by atoms with Crippen LogP contribution in [0.4, 0.5) is 0 Å². The number of para-hydroxylation sites is 1. The summed E-state index contributed by atoms with van der Waals surface area (Å²) in [5.41, 5.74) is 0.488. The van der Waals surface area contributed by atoms with E-state index in [1.165, 1.54) is 12.8 Å². The van der Waals surface area contributed by atoms with Gasteiger partial charge in [0.25, 0.3) is 5.91 Å². The van der Waals surface area contributed by atoms with Gasteiger partial charge >= 0.3 is 0 Å². The Morgan fingerprint density at radius 2 is 1.76 bits per heavy atom. The standard InChI is InChI=1S/C17H24N2O2/c20-16(14-21-15-4-2-1-3-5-15)19-12-8-17(9-13-19)6-10-18-11-7-17/h1-5,18H,6-14H2. The van der Waals surface area contributed by atoms with E-state index in [9.17, 15) is 4.79 Å². The predicted molar refractivity (Wildman–Crippen MR) is 82.3 cm³/mol.